The Kier molecular flexibility index (Phi) is 12.8. The predicted molar refractivity (Wildman–Crippen MR) is 90.1 cm³/mol. The third-order valence-corrected chi connectivity index (χ3v) is 4.01. The van der Waals surface area contributed by atoms with Crippen molar-refractivity contribution in [3.05, 3.63) is 0 Å². The van der Waals surface area contributed by atoms with Crippen molar-refractivity contribution in [3.63, 3.8) is 0 Å². The monoisotopic (exact) mass is 298 g/mol. The molecule has 0 amide bonds. The van der Waals surface area contributed by atoms with Gasteiger partial charge in [-0.2, -0.15) is 0 Å². The second-order valence-electron chi connectivity index (χ2n) is 4.88. The summed E-state index contributed by atoms with van der Waals surface area (Å²) < 4.78 is 0.754. The first-order valence-corrected chi connectivity index (χ1v) is 7.80. The second-order valence-corrected chi connectivity index (χ2v) is 5.99. The van der Waals surface area contributed by atoms with Crippen LogP contribution in [0.4, 0.5) is 0 Å². The van der Waals surface area contributed by atoms with Crippen molar-refractivity contribution in [1.29, 1.82) is 0 Å². The Morgan fingerprint density at radius 1 is 1.00 bits per heavy atom. The SMILES string of the molecule is CCCCCCCCN1CCN(C(=S)S)CC1.[NaH]. The van der Waals surface area contributed by atoms with E-state index in [1.54, 1.807) is 0 Å². The molecule has 1 aliphatic heterocycles. The van der Waals surface area contributed by atoms with Gasteiger partial charge in [-0.1, -0.05) is 51.2 Å². The minimum atomic E-state index is 0. The molecule has 0 aromatic carbocycles. The molecule has 1 aliphatic rings. The number of unbranched alkanes of at least 4 members (excludes halogenated alkanes) is 5. The molecule has 0 aliphatic carbocycles. The van der Waals surface area contributed by atoms with E-state index in [0.29, 0.717) is 0 Å². The van der Waals surface area contributed by atoms with E-state index in [1.165, 1.54) is 45.1 Å². The number of hydrogen-bond donors (Lipinski definition) is 1. The molecule has 0 atom stereocenters. The third kappa shape index (κ3) is 8.39. The summed E-state index contributed by atoms with van der Waals surface area (Å²) in [4.78, 5) is 4.75. The Labute approximate surface area is 146 Å². The van der Waals surface area contributed by atoms with Crippen LogP contribution < -0.4 is 0 Å². The van der Waals surface area contributed by atoms with Gasteiger partial charge in [0.25, 0.3) is 0 Å². The molecule has 1 fully saturated rings. The third-order valence-electron chi connectivity index (χ3n) is 3.47. The molecule has 0 bridgehead atoms. The van der Waals surface area contributed by atoms with Crippen LogP contribution in [0, 0.1) is 0 Å². The van der Waals surface area contributed by atoms with Crippen molar-refractivity contribution in [1.82, 2.24) is 9.80 Å². The van der Waals surface area contributed by atoms with Crippen LogP contribution in [0.3, 0.4) is 0 Å². The van der Waals surface area contributed by atoms with Gasteiger partial charge in [-0.05, 0) is 13.0 Å². The Bertz CT molecular complexity index is 219. The molecule has 2 nitrogen and oxygen atoms in total. The van der Waals surface area contributed by atoms with E-state index in [9.17, 15) is 0 Å². The molecule has 0 radical (unpaired) electrons. The minimum absolute atomic E-state index is 0. The standard InChI is InChI=1S/C13H26N2S2.Na.H/c1-2-3-4-5-6-7-8-14-9-11-15(12-10-14)13(16)17;;/h2-12H2,1H3,(H,16,17);;. The van der Waals surface area contributed by atoms with Gasteiger partial charge in [0.15, 0.2) is 0 Å². The first-order chi connectivity index (χ1) is 8.24. The maximum absolute atomic E-state index is 5.07. The zero-order valence-corrected chi connectivity index (χ0v) is 12.7. The molecule has 102 valence electrons. The van der Waals surface area contributed by atoms with Gasteiger partial charge in [-0.15, -0.1) is 12.6 Å². The molecule has 1 rings (SSSR count). The van der Waals surface area contributed by atoms with Gasteiger partial charge in [0.1, 0.15) is 4.32 Å². The van der Waals surface area contributed by atoms with Crippen molar-refractivity contribution in [2.45, 2.75) is 45.4 Å². The van der Waals surface area contributed by atoms with Crippen LogP contribution in [-0.2, 0) is 0 Å². The zero-order valence-electron chi connectivity index (χ0n) is 11.0. The molecule has 0 spiro atoms. The molecule has 18 heavy (non-hydrogen) atoms. The van der Waals surface area contributed by atoms with E-state index in [4.69, 9.17) is 12.2 Å². The van der Waals surface area contributed by atoms with Gasteiger partial charge in [-0.3, -0.25) is 4.90 Å². The van der Waals surface area contributed by atoms with Crippen LogP contribution >= 0.6 is 24.8 Å². The number of thiocarbonyl (C=S) groups is 1. The van der Waals surface area contributed by atoms with Crippen molar-refractivity contribution in [2.75, 3.05) is 32.7 Å². The summed E-state index contributed by atoms with van der Waals surface area (Å²) in [6.45, 7) is 7.94. The van der Waals surface area contributed by atoms with Gasteiger partial charge in [0.05, 0.1) is 0 Å². The van der Waals surface area contributed by atoms with Crippen LogP contribution in [0.1, 0.15) is 45.4 Å². The molecule has 1 saturated heterocycles. The van der Waals surface area contributed by atoms with Crippen molar-refractivity contribution in [3.8, 4) is 0 Å². The number of nitrogens with zero attached hydrogens (tertiary/aromatic N) is 2. The van der Waals surface area contributed by atoms with Crippen molar-refractivity contribution < 1.29 is 0 Å². The first kappa shape index (κ1) is 19.2. The molecule has 0 aromatic rings. The predicted octanol–water partition coefficient (Wildman–Crippen LogP) is 2.53. The molecular weight excluding hydrogens is 271 g/mol. The normalized spacial score (nSPS) is 16.4. The molecule has 0 saturated carbocycles. The van der Waals surface area contributed by atoms with E-state index in [1.807, 2.05) is 0 Å². The van der Waals surface area contributed by atoms with Gasteiger partial charge in [0, 0.05) is 26.2 Å². The fourth-order valence-electron chi connectivity index (χ4n) is 2.28. The summed E-state index contributed by atoms with van der Waals surface area (Å²) in [5.74, 6) is 0. The number of thiol groups is 1. The van der Waals surface area contributed by atoms with Crippen LogP contribution in [0.5, 0.6) is 0 Å². The number of hydrogen-bond acceptors (Lipinski definition) is 2. The molecule has 5 heteroatoms. The Morgan fingerprint density at radius 2 is 1.56 bits per heavy atom. The van der Waals surface area contributed by atoms with E-state index in [-0.39, 0.29) is 29.6 Å². The fourth-order valence-corrected chi connectivity index (χ4v) is 2.66. The van der Waals surface area contributed by atoms with Crippen molar-refractivity contribution >= 4 is 58.7 Å². The summed E-state index contributed by atoms with van der Waals surface area (Å²) in [7, 11) is 0. The number of rotatable bonds is 7. The maximum atomic E-state index is 5.07. The summed E-state index contributed by atoms with van der Waals surface area (Å²) in [6.07, 6.45) is 8.32. The van der Waals surface area contributed by atoms with E-state index < -0.39 is 0 Å². The van der Waals surface area contributed by atoms with Gasteiger partial charge in [-0.25, -0.2) is 0 Å². The molecule has 1 heterocycles. The summed E-state index contributed by atoms with van der Waals surface area (Å²) in [5.41, 5.74) is 0. The van der Waals surface area contributed by atoms with Crippen molar-refractivity contribution in [2.24, 2.45) is 0 Å². The zero-order chi connectivity index (χ0) is 12.5. The molecule has 0 N–H and O–H groups in total. The average molecular weight is 298 g/mol. The topological polar surface area (TPSA) is 6.48 Å². The van der Waals surface area contributed by atoms with E-state index in [2.05, 4.69) is 29.4 Å². The van der Waals surface area contributed by atoms with E-state index >= 15 is 0 Å². The Hall–Kier alpha value is 1.20. The molecule has 0 aromatic heterocycles. The number of piperazine rings is 1. The summed E-state index contributed by atoms with van der Waals surface area (Å²) >= 11 is 9.30. The quantitative estimate of drug-likeness (QED) is 0.334. The molecular formula is C13H27N2NaS2. The average Bonchev–Trinajstić information content (AvgIpc) is 2.34. The summed E-state index contributed by atoms with van der Waals surface area (Å²) in [5, 5.41) is 0. The van der Waals surface area contributed by atoms with Gasteiger partial charge >= 0.3 is 29.6 Å². The fraction of sp³-hybridized carbons (Fsp3) is 0.923. The van der Waals surface area contributed by atoms with Crippen LogP contribution in [0.25, 0.3) is 0 Å². The second kappa shape index (κ2) is 12.0. The first-order valence-electron chi connectivity index (χ1n) is 6.94. The van der Waals surface area contributed by atoms with Crippen LogP contribution in [-0.4, -0.2) is 76.4 Å². The summed E-state index contributed by atoms with van der Waals surface area (Å²) in [6, 6.07) is 0. The van der Waals surface area contributed by atoms with E-state index in [0.717, 1.165) is 30.5 Å². The van der Waals surface area contributed by atoms with Gasteiger partial charge in [0.2, 0.25) is 0 Å². The van der Waals surface area contributed by atoms with Crippen LogP contribution in [0.2, 0.25) is 0 Å². The molecule has 0 unspecified atom stereocenters. The Morgan fingerprint density at radius 3 is 2.11 bits per heavy atom. The van der Waals surface area contributed by atoms with Gasteiger partial charge < -0.3 is 4.90 Å². The van der Waals surface area contributed by atoms with Crippen LogP contribution in [0.15, 0.2) is 0 Å². The Balaban J connectivity index is 0.00000289.